The molecule has 0 atom stereocenters. The second kappa shape index (κ2) is 7.91. The number of benzene rings is 2. The largest absolute Gasteiger partial charge is 0.508 e. The first-order valence-electron chi connectivity index (χ1n) is 11.6. The minimum absolute atomic E-state index is 0.0698. The molecule has 2 aromatic carbocycles. The molecular formula is C26H31NO5. The molecule has 0 aromatic heterocycles. The molecule has 0 heterocycles. The molecule has 170 valence electrons. The molecule has 0 radical (unpaired) electrons. The van der Waals surface area contributed by atoms with Crippen LogP contribution in [0.5, 0.6) is 23.0 Å². The summed E-state index contributed by atoms with van der Waals surface area (Å²) in [6.07, 6.45) is 7.60. The van der Waals surface area contributed by atoms with Crippen LogP contribution in [0.3, 0.4) is 0 Å². The number of aromatic hydroxyl groups is 3. The van der Waals surface area contributed by atoms with Gasteiger partial charge in [-0.15, -0.1) is 0 Å². The summed E-state index contributed by atoms with van der Waals surface area (Å²) in [7, 11) is 1.54. The number of amides is 1. The Kier molecular flexibility index (Phi) is 5.19. The summed E-state index contributed by atoms with van der Waals surface area (Å²) in [4.78, 5) is 12.9. The average Bonchev–Trinajstić information content (AvgIpc) is 2.72. The van der Waals surface area contributed by atoms with E-state index in [9.17, 15) is 20.1 Å². The maximum Gasteiger partial charge on any atom is 0.255 e. The lowest BCUT2D eigenvalue weighted by atomic mass is 9.48. The van der Waals surface area contributed by atoms with Gasteiger partial charge >= 0.3 is 0 Å². The van der Waals surface area contributed by atoms with E-state index in [0.717, 1.165) is 30.4 Å². The fourth-order valence-corrected chi connectivity index (χ4v) is 6.95. The van der Waals surface area contributed by atoms with E-state index in [-0.39, 0.29) is 34.1 Å². The number of methoxy groups -OCH3 is 1. The molecule has 4 saturated carbocycles. The van der Waals surface area contributed by atoms with Gasteiger partial charge in [0.15, 0.2) is 0 Å². The highest BCUT2D eigenvalue weighted by molar-refractivity contribution is 5.97. The maximum absolute atomic E-state index is 12.9. The van der Waals surface area contributed by atoms with Crippen LogP contribution in [-0.4, -0.2) is 34.9 Å². The van der Waals surface area contributed by atoms with Crippen molar-refractivity contribution in [1.82, 2.24) is 5.32 Å². The predicted octanol–water partition coefficient (Wildman–Crippen LogP) is 4.25. The Hall–Kier alpha value is -2.89. The van der Waals surface area contributed by atoms with E-state index in [1.54, 1.807) is 12.1 Å². The molecule has 0 unspecified atom stereocenters. The van der Waals surface area contributed by atoms with Crippen molar-refractivity contribution in [1.29, 1.82) is 0 Å². The van der Waals surface area contributed by atoms with Crippen molar-refractivity contribution in [2.45, 2.75) is 50.4 Å². The molecule has 0 aliphatic heterocycles. The fraction of sp³-hybridized carbons (Fsp3) is 0.500. The Morgan fingerprint density at radius 1 is 0.969 bits per heavy atom. The minimum Gasteiger partial charge on any atom is -0.508 e. The van der Waals surface area contributed by atoms with Crippen molar-refractivity contribution in [3.05, 3.63) is 47.0 Å². The molecule has 4 fully saturated rings. The van der Waals surface area contributed by atoms with Gasteiger partial charge in [-0.1, -0.05) is 0 Å². The van der Waals surface area contributed by atoms with Crippen LogP contribution in [0, 0.1) is 17.8 Å². The molecule has 4 aliphatic rings. The molecule has 1 amide bonds. The topological polar surface area (TPSA) is 99.0 Å². The van der Waals surface area contributed by atoms with Crippen molar-refractivity contribution in [3.8, 4) is 23.0 Å². The molecule has 6 heteroatoms. The van der Waals surface area contributed by atoms with Gasteiger partial charge in [0.1, 0.15) is 23.0 Å². The Morgan fingerprint density at radius 2 is 1.62 bits per heavy atom. The lowest BCUT2D eigenvalue weighted by Crippen LogP contribution is -2.48. The van der Waals surface area contributed by atoms with Crippen molar-refractivity contribution in [3.63, 3.8) is 0 Å². The standard InChI is InChI=1S/C26H31NO5/c1-32-20-8-15(7-19(28)9-20)2-3-27-25(31)21-10-22(24(30)11-23(21)29)26-12-16-4-17(13-26)6-18(5-16)14-26/h7-11,16-18,28-30H,2-6,12-14H2,1H3,(H,27,31). The van der Waals surface area contributed by atoms with Gasteiger partial charge in [-0.05, 0) is 91.9 Å². The summed E-state index contributed by atoms with van der Waals surface area (Å²) in [5, 5.41) is 33.8. The first-order valence-corrected chi connectivity index (χ1v) is 11.6. The van der Waals surface area contributed by atoms with Gasteiger partial charge in [-0.2, -0.15) is 0 Å². The van der Waals surface area contributed by atoms with Gasteiger partial charge in [0, 0.05) is 24.2 Å². The zero-order valence-electron chi connectivity index (χ0n) is 18.4. The molecule has 4 bridgehead atoms. The van der Waals surface area contributed by atoms with Crippen LogP contribution in [0.2, 0.25) is 0 Å². The van der Waals surface area contributed by atoms with Crippen LogP contribution in [-0.2, 0) is 11.8 Å². The van der Waals surface area contributed by atoms with Gasteiger partial charge < -0.3 is 25.4 Å². The number of hydrogen-bond acceptors (Lipinski definition) is 5. The van der Waals surface area contributed by atoms with Crippen molar-refractivity contribution in [2.75, 3.05) is 13.7 Å². The molecular weight excluding hydrogens is 406 g/mol. The maximum atomic E-state index is 12.9. The van der Waals surface area contributed by atoms with E-state index in [1.807, 2.05) is 6.07 Å². The monoisotopic (exact) mass is 437 g/mol. The molecule has 4 N–H and O–H groups in total. The first-order chi connectivity index (χ1) is 15.3. The normalized spacial score (nSPS) is 28.0. The summed E-state index contributed by atoms with van der Waals surface area (Å²) >= 11 is 0. The summed E-state index contributed by atoms with van der Waals surface area (Å²) in [5.74, 6) is 2.36. The third-order valence-electron chi connectivity index (χ3n) is 7.85. The quantitative estimate of drug-likeness (QED) is 0.541. The molecule has 4 aliphatic carbocycles. The van der Waals surface area contributed by atoms with Gasteiger partial charge in [0.25, 0.3) is 5.91 Å². The number of phenolic OH excluding ortho intramolecular Hbond substituents is 3. The smallest absolute Gasteiger partial charge is 0.255 e. The van der Waals surface area contributed by atoms with E-state index in [4.69, 9.17) is 4.74 Å². The Labute approximate surface area is 188 Å². The minimum atomic E-state index is -0.361. The third kappa shape index (κ3) is 3.76. The molecule has 32 heavy (non-hydrogen) atoms. The van der Waals surface area contributed by atoms with Crippen LogP contribution in [0.25, 0.3) is 0 Å². The highest BCUT2D eigenvalue weighted by atomic mass is 16.5. The summed E-state index contributed by atoms with van der Waals surface area (Å²) < 4.78 is 5.17. The van der Waals surface area contributed by atoms with E-state index in [1.165, 1.54) is 38.5 Å². The molecule has 2 aromatic rings. The van der Waals surface area contributed by atoms with Gasteiger partial charge in [0.2, 0.25) is 0 Å². The second-order valence-electron chi connectivity index (χ2n) is 10.1. The van der Waals surface area contributed by atoms with Gasteiger partial charge in [-0.3, -0.25) is 4.79 Å². The summed E-state index contributed by atoms with van der Waals surface area (Å²) in [6.45, 7) is 0.346. The zero-order chi connectivity index (χ0) is 22.5. The number of nitrogens with one attached hydrogen (secondary N) is 1. The SMILES string of the molecule is COc1cc(O)cc(CCNC(=O)c2cc(C34CC5CC(CC(C5)C3)C4)c(O)cc2O)c1. The molecule has 6 nitrogen and oxygen atoms in total. The number of carbonyl (C=O) groups is 1. The van der Waals surface area contributed by atoms with Gasteiger partial charge in [0.05, 0.1) is 12.7 Å². The van der Waals surface area contributed by atoms with Crippen molar-refractivity contribution >= 4 is 5.91 Å². The van der Waals surface area contributed by atoms with Crippen LogP contribution < -0.4 is 10.1 Å². The van der Waals surface area contributed by atoms with Crippen LogP contribution in [0.4, 0.5) is 0 Å². The number of hydrogen-bond donors (Lipinski definition) is 4. The van der Waals surface area contributed by atoms with Crippen LogP contribution in [0.15, 0.2) is 30.3 Å². The van der Waals surface area contributed by atoms with E-state index >= 15 is 0 Å². The van der Waals surface area contributed by atoms with E-state index < -0.39 is 0 Å². The highest BCUT2D eigenvalue weighted by Gasteiger charge is 2.52. The number of carbonyl (C=O) groups excluding carboxylic acids is 1. The van der Waals surface area contributed by atoms with E-state index in [2.05, 4.69) is 5.32 Å². The fourth-order valence-electron chi connectivity index (χ4n) is 6.95. The number of ether oxygens (including phenoxy) is 1. The lowest BCUT2D eigenvalue weighted by molar-refractivity contribution is -0.00617. The predicted molar refractivity (Wildman–Crippen MR) is 120 cm³/mol. The molecule has 6 rings (SSSR count). The Balaban J connectivity index is 1.33. The Bertz CT molecular complexity index is 1010. The van der Waals surface area contributed by atoms with Crippen LogP contribution in [0.1, 0.15) is 60.0 Å². The lowest BCUT2D eigenvalue weighted by Gasteiger charge is -2.57. The van der Waals surface area contributed by atoms with Crippen LogP contribution >= 0.6 is 0 Å². The number of rotatable bonds is 6. The van der Waals surface area contributed by atoms with E-state index in [0.29, 0.717) is 36.5 Å². The van der Waals surface area contributed by atoms with Crippen molar-refractivity contribution < 1.29 is 24.9 Å². The zero-order valence-corrected chi connectivity index (χ0v) is 18.4. The first kappa shape index (κ1) is 21.0. The number of phenols is 3. The summed E-state index contributed by atoms with van der Waals surface area (Å²) in [6, 6.07) is 8.04. The Morgan fingerprint density at radius 3 is 2.25 bits per heavy atom. The molecule has 0 saturated heterocycles. The highest BCUT2D eigenvalue weighted by Crippen LogP contribution is 2.62. The summed E-state index contributed by atoms with van der Waals surface area (Å²) in [5.41, 5.74) is 1.81. The average molecular weight is 438 g/mol. The van der Waals surface area contributed by atoms with Gasteiger partial charge in [-0.25, -0.2) is 0 Å². The van der Waals surface area contributed by atoms with Crippen molar-refractivity contribution in [2.24, 2.45) is 17.8 Å². The second-order valence-corrected chi connectivity index (χ2v) is 10.1. The third-order valence-corrected chi connectivity index (χ3v) is 7.85. The molecule has 0 spiro atoms.